The zero-order valence-corrected chi connectivity index (χ0v) is 40.8. The van der Waals surface area contributed by atoms with E-state index in [4.69, 9.17) is 25.7 Å². The third kappa shape index (κ3) is 8.66. The van der Waals surface area contributed by atoms with Crippen LogP contribution in [0.3, 0.4) is 0 Å². The number of hydrogen-bond acceptors (Lipinski definition) is 16. The van der Waals surface area contributed by atoms with Crippen molar-refractivity contribution in [2.75, 3.05) is 13.2 Å². The molecule has 0 spiro atoms. The number of carboxylic acids is 1. The Kier molecular flexibility index (Phi) is 14.4. The Morgan fingerprint density at radius 3 is 1.35 bits per heavy atom. The number of carbonyl (C=O) groups excluding carboxylic acids is 6. The number of carboxylic acid groups (broad SMARTS) is 1. The van der Waals surface area contributed by atoms with Gasteiger partial charge in [0.1, 0.15) is 18.0 Å². The summed E-state index contributed by atoms with van der Waals surface area (Å²) in [5.41, 5.74) is 11.8. The maximum Gasteiger partial charge on any atom is 1.00 e. The van der Waals surface area contributed by atoms with E-state index in [0.29, 0.717) is 11.1 Å². The first kappa shape index (κ1) is 50.9. The maximum absolute atomic E-state index is 13.9. The molecular weight excluding hydrogens is 936 g/mol. The number of aromatic nitrogens is 2. The summed E-state index contributed by atoms with van der Waals surface area (Å²) in [6.07, 6.45) is -0.164. The van der Waals surface area contributed by atoms with E-state index in [9.17, 15) is 50.7 Å². The first-order valence-electron chi connectivity index (χ1n) is 20.3. The number of β-lactam (4-membered cyclic amide) rings is 2. The number of benzene rings is 2. The van der Waals surface area contributed by atoms with E-state index >= 15 is 0 Å². The van der Waals surface area contributed by atoms with Crippen molar-refractivity contribution in [1.29, 1.82) is 0 Å². The zero-order valence-electron chi connectivity index (χ0n) is 37.2. The van der Waals surface area contributed by atoms with Gasteiger partial charge in [0.15, 0.2) is 42.6 Å². The molecule has 4 aromatic rings. The van der Waals surface area contributed by atoms with E-state index in [1.165, 1.54) is 46.2 Å². The number of aliphatic carboxylic acids is 1. The average Bonchev–Trinajstić information content (AvgIpc) is 3.53. The van der Waals surface area contributed by atoms with Gasteiger partial charge in [-0.05, 0) is 63.1 Å². The van der Waals surface area contributed by atoms with Crippen molar-refractivity contribution in [3.8, 4) is 0 Å². The number of nitrogens with zero attached hydrogens (tertiary/aromatic N) is 4. The molecule has 2 aromatic heterocycles. The molecule has 4 amide bonds. The number of sulfone groups is 2. The maximum atomic E-state index is 13.9. The van der Waals surface area contributed by atoms with Crippen molar-refractivity contribution in [3.63, 3.8) is 0 Å². The fraction of sp³-hybridized carbons (Fsp3) is 0.289. The Morgan fingerprint density at radius 2 is 1.00 bits per heavy atom. The van der Waals surface area contributed by atoms with Crippen molar-refractivity contribution in [2.24, 2.45) is 11.5 Å². The van der Waals surface area contributed by atoms with Gasteiger partial charge in [0.25, 0.3) is 11.8 Å². The number of fused-ring (bicyclic) bond motifs is 2. The Balaban J connectivity index is 0.000000238. The van der Waals surface area contributed by atoms with E-state index in [-0.39, 0.29) is 63.2 Å². The standard InChI is InChI=1S/C29H27N3O7S.C16H17N3O7S.Na/c1-29(2)24(27(34)39-23(18-11-5-3-6-12-18)19-13-7-4-8-14-19)32-25(33)22(26(32)40(29,36)37)20(17-38-28(30)35)21-15-9-10-16-31-21;1-16(2)11(14(21)22)19-12(20)10(13(19)27(16,24)25)8(7-26-15(17)23)9-5-3-4-6-18-9;/h3-16,23-24,26H,17H2,1-2H3,(H2,30,35);3-6,11,13H,7H2,1-2H3,(H2,17,23)(H,21,22);/q;;+1/p-1/b22-20-;10-8-;/t24-,26+;11-,13+;/m00./s1. The molecule has 20 nitrogen and oxygen atoms in total. The number of primary amides is 2. The van der Waals surface area contributed by atoms with E-state index in [1.54, 1.807) is 54.6 Å². The van der Waals surface area contributed by atoms with Gasteiger partial charge in [-0.1, -0.05) is 72.8 Å². The zero-order chi connectivity index (χ0) is 48.8. The first-order valence-corrected chi connectivity index (χ1v) is 23.4. The molecule has 23 heteroatoms. The second-order valence-electron chi connectivity index (χ2n) is 16.6. The SMILES string of the molecule is CC1(C)[C@H](C(=O)OC(c2ccccc2)c2ccccc2)N2C(=O)/C(=C(\COC(N)=O)c3ccccn3)[C@H]2S1(=O)=O.CC1(C)[C@H](C(=O)[O-])N2C(=O)/C(=C(\COC(N)=O)c3ccccn3)[C@H]2S1(=O)=O.[Na+]. The molecule has 4 atom stereocenters. The smallest absolute Gasteiger partial charge is 0.548 e. The summed E-state index contributed by atoms with van der Waals surface area (Å²) in [7, 11) is -8.26. The van der Waals surface area contributed by atoms with Crippen LogP contribution < -0.4 is 46.1 Å². The third-order valence-corrected chi connectivity index (χ3v) is 17.5. The van der Waals surface area contributed by atoms with Crippen molar-refractivity contribution >= 4 is 66.8 Å². The minimum absolute atomic E-state index is 0. The minimum atomic E-state index is -4.15. The van der Waals surface area contributed by atoms with Crippen LogP contribution in [0.4, 0.5) is 9.59 Å². The van der Waals surface area contributed by atoms with E-state index in [1.807, 2.05) is 36.4 Å². The van der Waals surface area contributed by atoms with E-state index < -0.39 is 107 Å². The number of nitrogens with two attached hydrogens (primary N) is 2. The normalized spacial score (nSPS) is 23.4. The minimum Gasteiger partial charge on any atom is -0.548 e. The van der Waals surface area contributed by atoms with Crippen LogP contribution in [0.15, 0.2) is 121 Å². The van der Waals surface area contributed by atoms with Crippen LogP contribution in [-0.2, 0) is 53.1 Å². The van der Waals surface area contributed by atoms with Crippen molar-refractivity contribution in [2.45, 2.75) is 66.1 Å². The number of esters is 1. The first-order chi connectivity index (χ1) is 31.6. The van der Waals surface area contributed by atoms with Gasteiger partial charge in [0, 0.05) is 23.5 Å². The van der Waals surface area contributed by atoms with Gasteiger partial charge in [-0.2, -0.15) is 0 Å². The molecule has 0 saturated carbocycles. The predicted molar refractivity (Wildman–Crippen MR) is 234 cm³/mol. The number of amides is 4. The van der Waals surface area contributed by atoms with Crippen LogP contribution in [0.1, 0.15) is 56.3 Å². The van der Waals surface area contributed by atoms with Gasteiger partial charge in [0.2, 0.25) is 0 Å². The number of hydrogen-bond donors (Lipinski definition) is 2. The summed E-state index contributed by atoms with van der Waals surface area (Å²) in [5.74, 6) is -4.00. The number of pyridine rings is 2. The Bertz CT molecular complexity index is 2920. The average molecular weight is 979 g/mol. The quantitative estimate of drug-likeness (QED) is 0.0564. The molecule has 350 valence electrons. The molecule has 4 aliphatic rings. The summed E-state index contributed by atoms with van der Waals surface area (Å²) in [5, 5.41) is 8.58. The van der Waals surface area contributed by atoms with Crippen molar-refractivity contribution < 1.29 is 94.5 Å². The molecule has 4 aliphatic heterocycles. The van der Waals surface area contributed by atoms with Gasteiger partial charge in [-0.15, -0.1) is 0 Å². The Hall–Kier alpha value is -6.46. The van der Waals surface area contributed by atoms with Gasteiger partial charge < -0.3 is 45.4 Å². The monoisotopic (exact) mass is 978 g/mol. The molecule has 68 heavy (non-hydrogen) atoms. The van der Waals surface area contributed by atoms with Crippen LogP contribution in [0.2, 0.25) is 0 Å². The van der Waals surface area contributed by atoms with Crippen LogP contribution in [-0.4, -0.2) is 118 Å². The van der Waals surface area contributed by atoms with Crippen LogP contribution in [0.25, 0.3) is 11.1 Å². The second-order valence-corrected chi connectivity index (χ2v) is 21.8. The molecule has 4 saturated heterocycles. The van der Waals surface area contributed by atoms with E-state index in [0.717, 1.165) is 9.80 Å². The largest absolute Gasteiger partial charge is 1.00 e. The topological polar surface area (TPSA) is 306 Å². The molecule has 0 radical (unpaired) electrons. The van der Waals surface area contributed by atoms with Crippen LogP contribution >= 0.6 is 0 Å². The van der Waals surface area contributed by atoms with Crippen molar-refractivity contribution in [1.82, 2.24) is 19.8 Å². The third-order valence-electron chi connectivity index (χ3n) is 12.1. The van der Waals surface area contributed by atoms with Gasteiger partial charge in [0.05, 0.1) is 39.3 Å². The molecule has 0 aliphatic carbocycles. The number of ether oxygens (including phenoxy) is 3. The van der Waals surface area contributed by atoms with Crippen LogP contribution in [0.5, 0.6) is 0 Å². The van der Waals surface area contributed by atoms with Crippen LogP contribution in [0, 0.1) is 0 Å². The predicted octanol–water partition coefficient (Wildman–Crippen LogP) is -1.56. The summed E-state index contributed by atoms with van der Waals surface area (Å²) in [6.45, 7) is 4.31. The molecule has 4 fully saturated rings. The van der Waals surface area contributed by atoms with Gasteiger partial charge in [-0.25, -0.2) is 31.2 Å². The second kappa shape index (κ2) is 19.3. The molecule has 4 N–H and O–H groups in total. The summed E-state index contributed by atoms with van der Waals surface area (Å²) in [6, 6.07) is 24.6. The molecule has 2 aromatic carbocycles. The molecule has 6 heterocycles. The van der Waals surface area contributed by atoms with Gasteiger partial charge in [-0.3, -0.25) is 19.6 Å². The van der Waals surface area contributed by atoms with Gasteiger partial charge >= 0.3 is 47.7 Å². The summed E-state index contributed by atoms with van der Waals surface area (Å²) >= 11 is 0. The van der Waals surface area contributed by atoms with Crippen molar-refractivity contribution in [3.05, 3.63) is 143 Å². The molecule has 0 bridgehead atoms. The Morgan fingerprint density at radius 1 is 0.632 bits per heavy atom. The summed E-state index contributed by atoms with van der Waals surface area (Å²) in [4.78, 5) is 84.1. The molecule has 0 unspecified atom stereocenters. The Labute approximate surface area is 412 Å². The van der Waals surface area contributed by atoms with E-state index in [2.05, 4.69) is 9.97 Å². The molecular formula is C45H43N6NaO14S2. The molecule has 8 rings (SSSR count). The fourth-order valence-electron chi connectivity index (χ4n) is 8.58. The number of carbonyl (C=O) groups is 6. The summed E-state index contributed by atoms with van der Waals surface area (Å²) < 4.78 is 65.8. The number of rotatable bonds is 11. The fourth-order valence-corrected chi connectivity index (χ4v) is 12.9.